The molecule has 0 bridgehead atoms. The summed E-state index contributed by atoms with van der Waals surface area (Å²) in [6, 6.07) is 6.87. The first-order chi connectivity index (χ1) is 9.42. The average Bonchev–Trinajstić information content (AvgIpc) is 2.36. The van der Waals surface area contributed by atoms with E-state index < -0.39 is 9.84 Å². The zero-order valence-corrected chi connectivity index (χ0v) is 13.0. The van der Waals surface area contributed by atoms with Crippen LogP contribution in [0.15, 0.2) is 24.3 Å². The Labute approximate surface area is 121 Å². The maximum Gasteiger partial charge on any atom is 0.147 e. The lowest BCUT2D eigenvalue weighted by atomic mass is 10.0. The quantitative estimate of drug-likeness (QED) is 0.762. The Morgan fingerprint density at radius 2 is 2.00 bits per heavy atom. The van der Waals surface area contributed by atoms with Gasteiger partial charge in [-0.1, -0.05) is 25.1 Å². The standard InChI is InChI=1S/C15H24FNO2S/c1-3-10-17-14(8-6-11-20(2,18)19)12-13-7-4-5-9-15(13)16/h4-5,7,9,14,17H,3,6,8,10-12H2,1-2H3. The van der Waals surface area contributed by atoms with E-state index in [1.165, 1.54) is 12.3 Å². The molecule has 1 aromatic carbocycles. The number of hydrogen-bond donors (Lipinski definition) is 1. The molecule has 0 spiro atoms. The van der Waals surface area contributed by atoms with E-state index in [0.29, 0.717) is 18.4 Å². The molecule has 1 rings (SSSR count). The fourth-order valence-electron chi connectivity index (χ4n) is 2.15. The summed E-state index contributed by atoms with van der Waals surface area (Å²) in [6.07, 6.45) is 4.19. The average molecular weight is 301 g/mol. The molecule has 0 fully saturated rings. The van der Waals surface area contributed by atoms with Crippen LogP contribution in [0.2, 0.25) is 0 Å². The summed E-state index contributed by atoms with van der Waals surface area (Å²) >= 11 is 0. The van der Waals surface area contributed by atoms with Gasteiger partial charge < -0.3 is 5.32 Å². The van der Waals surface area contributed by atoms with Gasteiger partial charge in [-0.15, -0.1) is 0 Å². The molecule has 1 N–H and O–H groups in total. The van der Waals surface area contributed by atoms with Gasteiger partial charge in [0.2, 0.25) is 0 Å². The van der Waals surface area contributed by atoms with E-state index in [1.54, 1.807) is 12.1 Å². The fraction of sp³-hybridized carbons (Fsp3) is 0.600. The minimum Gasteiger partial charge on any atom is -0.314 e. The van der Waals surface area contributed by atoms with Crippen molar-refractivity contribution in [3.05, 3.63) is 35.6 Å². The summed E-state index contributed by atoms with van der Waals surface area (Å²) < 4.78 is 36.0. The molecule has 0 aliphatic heterocycles. The van der Waals surface area contributed by atoms with Crippen molar-refractivity contribution in [2.45, 2.75) is 38.6 Å². The predicted molar refractivity (Wildman–Crippen MR) is 81.1 cm³/mol. The van der Waals surface area contributed by atoms with E-state index in [0.717, 1.165) is 19.4 Å². The van der Waals surface area contributed by atoms with Crippen molar-refractivity contribution in [1.82, 2.24) is 5.32 Å². The summed E-state index contributed by atoms with van der Waals surface area (Å²) in [5.74, 6) is -0.00639. The second-order valence-corrected chi connectivity index (χ2v) is 7.48. The topological polar surface area (TPSA) is 46.2 Å². The highest BCUT2D eigenvalue weighted by Crippen LogP contribution is 2.12. The van der Waals surface area contributed by atoms with E-state index in [2.05, 4.69) is 12.2 Å². The monoisotopic (exact) mass is 301 g/mol. The number of hydrogen-bond acceptors (Lipinski definition) is 3. The van der Waals surface area contributed by atoms with Gasteiger partial charge in [0, 0.05) is 18.1 Å². The van der Waals surface area contributed by atoms with E-state index in [9.17, 15) is 12.8 Å². The Bertz CT molecular complexity index is 502. The lowest BCUT2D eigenvalue weighted by molar-refractivity contribution is 0.463. The number of benzene rings is 1. The minimum absolute atomic E-state index is 0.119. The number of rotatable bonds is 9. The van der Waals surface area contributed by atoms with Gasteiger partial charge in [-0.05, 0) is 43.9 Å². The molecule has 0 heterocycles. The molecule has 1 aromatic rings. The number of sulfone groups is 1. The van der Waals surface area contributed by atoms with Crippen molar-refractivity contribution in [1.29, 1.82) is 0 Å². The zero-order chi connectivity index (χ0) is 15.0. The van der Waals surface area contributed by atoms with Crippen molar-refractivity contribution in [3.8, 4) is 0 Å². The van der Waals surface area contributed by atoms with Crippen molar-refractivity contribution >= 4 is 9.84 Å². The first kappa shape index (κ1) is 17.1. The van der Waals surface area contributed by atoms with Crippen LogP contribution >= 0.6 is 0 Å². The molecule has 0 radical (unpaired) electrons. The van der Waals surface area contributed by atoms with Crippen LogP contribution in [0.4, 0.5) is 4.39 Å². The van der Waals surface area contributed by atoms with Crippen LogP contribution in [0.3, 0.4) is 0 Å². The predicted octanol–water partition coefficient (Wildman–Crippen LogP) is 2.56. The molecule has 1 unspecified atom stereocenters. The Morgan fingerprint density at radius 1 is 1.30 bits per heavy atom. The van der Waals surface area contributed by atoms with Crippen LogP contribution in [-0.2, 0) is 16.3 Å². The lowest BCUT2D eigenvalue weighted by Gasteiger charge is -2.18. The molecule has 1 atom stereocenters. The van der Waals surface area contributed by atoms with E-state index in [-0.39, 0.29) is 17.6 Å². The molecule has 0 aliphatic carbocycles. The van der Waals surface area contributed by atoms with Crippen LogP contribution in [0.1, 0.15) is 31.7 Å². The van der Waals surface area contributed by atoms with Gasteiger partial charge in [0.25, 0.3) is 0 Å². The number of halogens is 1. The zero-order valence-electron chi connectivity index (χ0n) is 12.2. The van der Waals surface area contributed by atoms with Crippen LogP contribution in [-0.4, -0.2) is 33.0 Å². The Morgan fingerprint density at radius 3 is 2.60 bits per heavy atom. The Kier molecular flexibility index (Phi) is 7.16. The molecule has 0 aromatic heterocycles. The van der Waals surface area contributed by atoms with Crippen molar-refractivity contribution < 1.29 is 12.8 Å². The third-order valence-corrected chi connectivity index (χ3v) is 4.21. The highest BCUT2D eigenvalue weighted by atomic mass is 32.2. The third-order valence-electron chi connectivity index (χ3n) is 3.17. The molecular weight excluding hydrogens is 277 g/mol. The first-order valence-corrected chi connectivity index (χ1v) is 9.13. The van der Waals surface area contributed by atoms with E-state index in [1.807, 2.05) is 6.07 Å². The molecule has 20 heavy (non-hydrogen) atoms. The van der Waals surface area contributed by atoms with Gasteiger partial charge in [-0.25, -0.2) is 12.8 Å². The van der Waals surface area contributed by atoms with Gasteiger partial charge in [-0.2, -0.15) is 0 Å². The maximum atomic E-state index is 13.7. The summed E-state index contributed by atoms with van der Waals surface area (Å²) in [5.41, 5.74) is 0.681. The van der Waals surface area contributed by atoms with Crippen LogP contribution < -0.4 is 5.32 Å². The van der Waals surface area contributed by atoms with Gasteiger partial charge >= 0.3 is 0 Å². The van der Waals surface area contributed by atoms with Crippen LogP contribution in [0.25, 0.3) is 0 Å². The second kappa shape index (κ2) is 8.37. The van der Waals surface area contributed by atoms with Gasteiger partial charge in [0.15, 0.2) is 0 Å². The lowest BCUT2D eigenvalue weighted by Crippen LogP contribution is -2.32. The molecule has 0 saturated carbocycles. The van der Waals surface area contributed by atoms with Crippen molar-refractivity contribution in [3.63, 3.8) is 0 Å². The largest absolute Gasteiger partial charge is 0.314 e. The van der Waals surface area contributed by atoms with Crippen molar-refractivity contribution in [2.24, 2.45) is 0 Å². The Hall–Kier alpha value is -0.940. The molecular formula is C15H24FNO2S. The van der Waals surface area contributed by atoms with E-state index in [4.69, 9.17) is 0 Å². The Balaban J connectivity index is 2.57. The second-order valence-electron chi connectivity index (χ2n) is 5.22. The van der Waals surface area contributed by atoms with Gasteiger partial charge in [0.1, 0.15) is 15.7 Å². The molecule has 0 amide bonds. The van der Waals surface area contributed by atoms with Crippen LogP contribution in [0.5, 0.6) is 0 Å². The molecule has 5 heteroatoms. The SMILES string of the molecule is CCCNC(CCCS(C)(=O)=O)Cc1ccccc1F. The maximum absolute atomic E-state index is 13.7. The third kappa shape index (κ3) is 7.01. The van der Waals surface area contributed by atoms with E-state index >= 15 is 0 Å². The number of nitrogens with one attached hydrogen (secondary N) is 1. The minimum atomic E-state index is -2.92. The normalized spacial score (nSPS) is 13.3. The summed E-state index contributed by atoms with van der Waals surface area (Å²) in [4.78, 5) is 0. The van der Waals surface area contributed by atoms with Gasteiger partial charge in [-0.3, -0.25) is 0 Å². The molecule has 0 aliphatic rings. The highest BCUT2D eigenvalue weighted by molar-refractivity contribution is 7.90. The van der Waals surface area contributed by atoms with Gasteiger partial charge in [0.05, 0.1) is 0 Å². The molecule has 0 saturated heterocycles. The highest BCUT2D eigenvalue weighted by Gasteiger charge is 2.12. The van der Waals surface area contributed by atoms with Crippen molar-refractivity contribution in [2.75, 3.05) is 18.6 Å². The molecule has 3 nitrogen and oxygen atoms in total. The summed E-state index contributed by atoms with van der Waals surface area (Å²) in [6.45, 7) is 2.93. The summed E-state index contributed by atoms with van der Waals surface area (Å²) in [5, 5.41) is 3.37. The molecule has 114 valence electrons. The fourth-order valence-corrected chi connectivity index (χ4v) is 2.84. The van der Waals surface area contributed by atoms with Crippen LogP contribution in [0, 0.1) is 5.82 Å². The first-order valence-electron chi connectivity index (χ1n) is 7.07. The summed E-state index contributed by atoms with van der Waals surface area (Å²) in [7, 11) is -2.92. The smallest absolute Gasteiger partial charge is 0.147 e.